The summed E-state index contributed by atoms with van der Waals surface area (Å²) in [5.41, 5.74) is 0.663. The van der Waals surface area contributed by atoms with Crippen LogP contribution in [0.25, 0.3) is 0 Å². The largest absolute Gasteiger partial charge is 0.481 e. The van der Waals surface area contributed by atoms with E-state index in [2.05, 4.69) is 15.6 Å². The number of carboxylic acid groups (broad SMARTS) is 1. The molecule has 3 N–H and O–H groups in total. The number of amides is 2. The third kappa shape index (κ3) is 4.50. The van der Waals surface area contributed by atoms with Gasteiger partial charge in [-0.25, -0.2) is 9.78 Å². The Morgan fingerprint density at radius 1 is 1.27 bits per heavy atom. The predicted octanol–water partition coefficient (Wildman–Crippen LogP) is 2.95. The molecular formula is C19H23N3O4. The highest BCUT2D eigenvalue weighted by Gasteiger charge is 2.35. The number of hydrogen-bond acceptors (Lipinski definition) is 4. The maximum absolute atomic E-state index is 12.3. The van der Waals surface area contributed by atoms with Gasteiger partial charge in [-0.2, -0.15) is 0 Å². The highest BCUT2D eigenvalue weighted by molar-refractivity contribution is 5.91. The van der Waals surface area contributed by atoms with Gasteiger partial charge in [0.2, 0.25) is 5.88 Å². The lowest BCUT2D eigenvalue weighted by Crippen LogP contribution is -2.45. The van der Waals surface area contributed by atoms with Crippen molar-refractivity contribution in [3.63, 3.8) is 0 Å². The minimum atomic E-state index is -1.24. The smallest absolute Gasteiger partial charge is 0.319 e. The first-order valence-electron chi connectivity index (χ1n) is 8.30. The zero-order valence-electron chi connectivity index (χ0n) is 15.1. The molecule has 2 aromatic rings. The number of pyridine rings is 1. The van der Waals surface area contributed by atoms with Gasteiger partial charge in [0.05, 0.1) is 6.61 Å². The number of carboxylic acids is 1. The molecule has 2 amide bonds. The number of ether oxygens (including phenoxy) is 1. The fraction of sp³-hybridized carbons (Fsp3) is 0.316. The van der Waals surface area contributed by atoms with Crippen LogP contribution in [0.5, 0.6) is 5.88 Å². The summed E-state index contributed by atoms with van der Waals surface area (Å²) in [6, 6.07) is 10.0. The second kappa shape index (κ2) is 8.33. The Hall–Kier alpha value is -3.09. The molecule has 2 rings (SSSR count). The summed E-state index contributed by atoms with van der Waals surface area (Å²) >= 11 is 0. The number of hydrogen-bond donors (Lipinski definition) is 3. The van der Waals surface area contributed by atoms with Gasteiger partial charge in [-0.05, 0) is 38.0 Å². The van der Waals surface area contributed by atoms with Gasteiger partial charge in [0, 0.05) is 12.7 Å². The third-order valence-electron chi connectivity index (χ3n) is 4.00. The topological polar surface area (TPSA) is 101 Å². The Balaban J connectivity index is 2.10. The lowest BCUT2D eigenvalue weighted by molar-refractivity contribution is -0.142. The number of urea groups is 1. The second-order valence-corrected chi connectivity index (χ2v) is 6.11. The van der Waals surface area contributed by atoms with E-state index in [1.54, 1.807) is 43.5 Å². The van der Waals surface area contributed by atoms with Crippen molar-refractivity contribution in [1.29, 1.82) is 0 Å². The number of nitrogens with one attached hydrogen (secondary N) is 2. The van der Waals surface area contributed by atoms with Gasteiger partial charge in [-0.3, -0.25) is 4.79 Å². The molecule has 7 nitrogen and oxygen atoms in total. The molecule has 1 aromatic heterocycles. The maximum Gasteiger partial charge on any atom is 0.319 e. The summed E-state index contributed by atoms with van der Waals surface area (Å²) in [5.74, 6) is -0.700. The molecule has 0 saturated heterocycles. The van der Waals surface area contributed by atoms with Crippen LogP contribution in [0.1, 0.15) is 25.0 Å². The zero-order valence-corrected chi connectivity index (χ0v) is 15.1. The van der Waals surface area contributed by atoms with Gasteiger partial charge in [-0.1, -0.05) is 30.3 Å². The Bertz CT molecular complexity index is 780. The van der Waals surface area contributed by atoms with Gasteiger partial charge in [0.25, 0.3) is 0 Å². The van der Waals surface area contributed by atoms with Crippen LogP contribution in [0.2, 0.25) is 0 Å². The average Bonchev–Trinajstić information content (AvgIpc) is 2.62. The number of rotatable bonds is 7. The van der Waals surface area contributed by atoms with Gasteiger partial charge in [0.15, 0.2) is 0 Å². The summed E-state index contributed by atoms with van der Waals surface area (Å²) in [6.45, 7) is 5.59. The van der Waals surface area contributed by atoms with Crippen LogP contribution in [-0.2, 0) is 10.2 Å². The van der Waals surface area contributed by atoms with Gasteiger partial charge < -0.3 is 20.5 Å². The van der Waals surface area contributed by atoms with Crippen molar-refractivity contribution in [1.82, 2.24) is 10.3 Å². The lowest BCUT2D eigenvalue weighted by atomic mass is 9.82. The Labute approximate surface area is 152 Å². The molecular weight excluding hydrogens is 334 g/mol. The van der Waals surface area contributed by atoms with Crippen LogP contribution in [-0.4, -0.2) is 35.2 Å². The van der Waals surface area contributed by atoms with Crippen LogP contribution in [0, 0.1) is 6.92 Å². The highest BCUT2D eigenvalue weighted by atomic mass is 16.5. The third-order valence-corrected chi connectivity index (χ3v) is 4.00. The summed E-state index contributed by atoms with van der Waals surface area (Å²) in [7, 11) is 0. The number of carbonyl (C=O) groups is 2. The number of benzene rings is 1. The van der Waals surface area contributed by atoms with Crippen molar-refractivity contribution in [3.8, 4) is 5.88 Å². The van der Waals surface area contributed by atoms with E-state index >= 15 is 0 Å². The zero-order chi connectivity index (χ0) is 19.2. The van der Waals surface area contributed by atoms with E-state index in [0.717, 1.165) is 5.56 Å². The summed E-state index contributed by atoms with van der Waals surface area (Å²) in [4.78, 5) is 28.2. The molecule has 1 atom stereocenters. The molecule has 0 radical (unpaired) electrons. The highest BCUT2D eigenvalue weighted by Crippen LogP contribution is 2.24. The van der Waals surface area contributed by atoms with Crippen LogP contribution in [0.15, 0.2) is 42.6 Å². The van der Waals surface area contributed by atoms with E-state index in [4.69, 9.17) is 4.74 Å². The van der Waals surface area contributed by atoms with Crippen molar-refractivity contribution in [2.45, 2.75) is 26.2 Å². The van der Waals surface area contributed by atoms with E-state index in [1.807, 2.05) is 19.9 Å². The quantitative estimate of drug-likeness (QED) is 0.707. The summed E-state index contributed by atoms with van der Waals surface area (Å²) in [6.07, 6.45) is 1.64. The number of aliphatic carboxylic acids is 1. The van der Waals surface area contributed by atoms with E-state index in [0.29, 0.717) is 23.7 Å². The number of aromatic nitrogens is 1. The van der Waals surface area contributed by atoms with Crippen molar-refractivity contribution >= 4 is 17.7 Å². The molecule has 1 unspecified atom stereocenters. The Morgan fingerprint density at radius 3 is 2.58 bits per heavy atom. The number of aryl methyl sites for hydroxylation is 1. The molecule has 0 fully saturated rings. The standard InChI is InChI=1S/C19H23N3O4/c1-4-26-16-15(10-13(2)11-20-16)22-18(25)21-12-19(3,17(23)24)14-8-6-5-7-9-14/h5-11H,4,12H2,1-3H3,(H,23,24)(H2,21,22,25). The fourth-order valence-electron chi connectivity index (χ4n) is 2.43. The summed E-state index contributed by atoms with van der Waals surface area (Å²) < 4.78 is 5.40. The first kappa shape index (κ1) is 19.2. The molecule has 0 spiro atoms. The molecule has 1 aromatic carbocycles. The molecule has 0 bridgehead atoms. The molecule has 26 heavy (non-hydrogen) atoms. The van der Waals surface area contributed by atoms with Crippen molar-refractivity contribution in [2.24, 2.45) is 0 Å². The molecule has 1 heterocycles. The molecule has 7 heteroatoms. The molecule has 0 saturated carbocycles. The van der Waals surface area contributed by atoms with Crippen molar-refractivity contribution < 1.29 is 19.4 Å². The van der Waals surface area contributed by atoms with Crippen LogP contribution in [0.4, 0.5) is 10.5 Å². The summed E-state index contributed by atoms with van der Waals surface area (Å²) in [5, 5.41) is 14.9. The normalized spacial score (nSPS) is 12.7. The van der Waals surface area contributed by atoms with Gasteiger partial charge >= 0.3 is 12.0 Å². The molecule has 0 aliphatic heterocycles. The van der Waals surface area contributed by atoms with Crippen LogP contribution >= 0.6 is 0 Å². The average molecular weight is 357 g/mol. The van der Waals surface area contributed by atoms with Gasteiger partial charge in [-0.15, -0.1) is 0 Å². The maximum atomic E-state index is 12.3. The first-order chi connectivity index (χ1) is 12.4. The van der Waals surface area contributed by atoms with Gasteiger partial charge in [0.1, 0.15) is 11.1 Å². The lowest BCUT2D eigenvalue weighted by Gasteiger charge is -2.25. The van der Waals surface area contributed by atoms with E-state index < -0.39 is 17.4 Å². The predicted molar refractivity (Wildman–Crippen MR) is 98.6 cm³/mol. The first-order valence-corrected chi connectivity index (χ1v) is 8.30. The number of carbonyl (C=O) groups excluding carboxylic acids is 1. The van der Waals surface area contributed by atoms with Crippen LogP contribution < -0.4 is 15.4 Å². The van der Waals surface area contributed by atoms with E-state index in [-0.39, 0.29) is 6.54 Å². The molecule has 0 aliphatic rings. The number of anilines is 1. The Kier molecular flexibility index (Phi) is 6.16. The minimum absolute atomic E-state index is 0.0681. The SMILES string of the molecule is CCOc1ncc(C)cc1NC(=O)NCC(C)(C(=O)O)c1ccccc1. The molecule has 138 valence electrons. The van der Waals surface area contributed by atoms with Crippen molar-refractivity contribution in [3.05, 3.63) is 53.7 Å². The van der Waals surface area contributed by atoms with Crippen molar-refractivity contribution in [2.75, 3.05) is 18.5 Å². The van der Waals surface area contributed by atoms with E-state index in [1.165, 1.54) is 0 Å². The van der Waals surface area contributed by atoms with E-state index in [9.17, 15) is 14.7 Å². The van der Waals surface area contributed by atoms with Crippen LogP contribution in [0.3, 0.4) is 0 Å². The second-order valence-electron chi connectivity index (χ2n) is 6.11. The fourth-order valence-corrected chi connectivity index (χ4v) is 2.43. The minimum Gasteiger partial charge on any atom is -0.481 e. The monoisotopic (exact) mass is 357 g/mol. The Morgan fingerprint density at radius 2 is 1.96 bits per heavy atom. The number of nitrogens with zero attached hydrogens (tertiary/aromatic N) is 1. The molecule has 0 aliphatic carbocycles.